The van der Waals surface area contributed by atoms with E-state index in [4.69, 9.17) is 34.8 Å². The van der Waals surface area contributed by atoms with Crippen LogP contribution in [0, 0.1) is 6.92 Å². The van der Waals surface area contributed by atoms with Gasteiger partial charge in [-0.25, -0.2) is 8.42 Å². The molecular formula is C22H19Cl3N2O3S. The molecule has 0 aliphatic rings. The van der Waals surface area contributed by atoms with Gasteiger partial charge in [-0.15, -0.1) is 0 Å². The SMILES string of the molecule is Cc1ccc(NC(=O)c2ccc(CN(c3cccc(Cl)c3Cl)S(C)(=O)=O)cc2)cc1Cl. The van der Waals surface area contributed by atoms with Crippen molar-refractivity contribution in [1.82, 2.24) is 0 Å². The van der Waals surface area contributed by atoms with E-state index in [1.165, 1.54) is 4.31 Å². The molecule has 3 rings (SSSR count). The molecule has 0 atom stereocenters. The summed E-state index contributed by atoms with van der Waals surface area (Å²) < 4.78 is 25.9. The molecule has 5 nitrogen and oxygen atoms in total. The van der Waals surface area contributed by atoms with Crippen molar-refractivity contribution in [2.75, 3.05) is 15.9 Å². The summed E-state index contributed by atoms with van der Waals surface area (Å²) in [5.41, 5.74) is 2.89. The lowest BCUT2D eigenvalue weighted by Crippen LogP contribution is -2.29. The van der Waals surface area contributed by atoms with Crippen LogP contribution in [-0.2, 0) is 16.6 Å². The average Bonchev–Trinajstić information content (AvgIpc) is 2.71. The molecule has 0 saturated carbocycles. The number of carbonyl (C=O) groups excluding carboxylic acids is 1. The van der Waals surface area contributed by atoms with E-state index in [2.05, 4.69) is 5.32 Å². The number of nitrogens with zero attached hydrogens (tertiary/aromatic N) is 1. The molecule has 0 aromatic heterocycles. The average molecular weight is 498 g/mol. The van der Waals surface area contributed by atoms with Gasteiger partial charge in [-0.1, -0.05) is 59.1 Å². The summed E-state index contributed by atoms with van der Waals surface area (Å²) in [4.78, 5) is 12.5. The maximum atomic E-state index is 12.5. The lowest BCUT2D eigenvalue weighted by molar-refractivity contribution is 0.102. The van der Waals surface area contributed by atoms with Crippen molar-refractivity contribution in [3.05, 3.63) is 92.4 Å². The molecule has 0 spiro atoms. The first kappa shape index (κ1) is 23.4. The van der Waals surface area contributed by atoms with E-state index in [1.54, 1.807) is 54.6 Å². The summed E-state index contributed by atoms with van der Waals surface area (Å²) in [6, 6.07) is 16.7. The molecular weight excluding hydrogens is 479 g/mol. The number of amides is 1. The van der Waals surface area contributed by atoms with E-state index >= 15 is 0 Å². The fraction of sp³-hybridized carbons (Fsp3) is 0.136. The Morgan fingerprint density at radius 2 is 1.65 bits per heavy atom. The standard InChI is InChI=1S/C22H19Cl3N2O3S/c1-14-6-11-17(12-19(14)24)26-22(28)16-9-7-15(8-10-16)13-27(31(2,29)30)20-5-3-4-18(23)21(20)25/h3-12H,13H2,1-2H3,(H,26,28). The van der Waals surface area contributed by atoms with Crippen LogP contribution >= 0.6 is 34.8 Å². The van der Waals surface area contributed by atoms with Gasteiger partial charge < -0.3 is 5.32 Å². The first-order valence-corrected chi connectivity index (χ1v) is 12.1. The van der Waals surface area contributed by atoms with Gasteiger partial charge >= 0.3 is 0 Å². The van der Waals surface area contributed by atoms with Crippen molar-refractivity contribution in [1.29, 1.82) is 0 Å². The van der Waals surface area contributed by atoms with Gasteiger partial charge in [-0.2, -0.15) is 0 Å². The third-order valence-electron chi connectivity index (χ3n) is 4.57. The number of halogens is 3. The lowest BCUT2D eigenvalue weighted by Gasteiger charge is -2.24. The molecule has 9 heteroatoms. The van der Waals surface area contributed by atoms with E-state index in [-0.39, 0.29) is 28.2 Å². The Hall–Kier alpha value is -2.25. The Balaban J connectivity index is 1.80. The van der Waals surface area contributed by atoms with Gasteiger partial charge in [0, 0.05) is 16.3 Å². The molecule has 0 fully saturated rings. The van der Waals surface area contributed by atoms with E-state index < -0.39 is 10.0 Å². The van der Waals surface area contributed by atoms with Gasteiger partial charge in [0.05, 0.1) is 28.5 Å². The third-order valence-corrected chi connectivity index (χ3v) is 6.91. The minimum absolute atomic E-state index is 0.0361. The van der Waals surface area contributed by atoms with Gasteiger partial charge in [-0.3, -0.25) is 9.10 Å². The highest BCUT2D eigenvalue weighted by molar-refractivity contribution is 7.92. The van der Waals surface area contributed by atoms with Crippen molar-refractivity contribution in [2.45, 2.75) is 13.5 Å². The molecule has 31 heavy (non-hydrogen) atoms. The number of sulfonamides is 1. The maximum Gasteiger partial charge on any atom is 0.255 e. The van der Waals surface area contributed by atoms with Crippen LogP contribution in [0.4, 0.5) is 11.4 Å². The summed E-state index contributed by atoms with van der Waals surface area (Å²) >= 11 is 18.4. The van der Waals surface area contributed by atoms with Crippen LogP contribution in [0.15, 0.2) is 60.7 Å². The summed E-state index contributed by atoms with van der Waals surface area (Å²) in [7, 11) is -3.63. The molecule has 0 aliphatic carbocycles. The molecule has 0 heterocycles. The second kappa shape index (κ2) is 9.49. The Morgan fingerprint density at radius 3 is 2.26 bits per heavy atom. The summed E-state index contributed by atoms with van der Waals surface area (Å²) in [6.07, 6.45) is 1.10. The van der Waals surface area contributed by atoms with Crippen LogP contribution in [0.3, 0.4) is 0 Å². The number of aryl methyl sites for hydroxylation is 1. The molecule has 0 bridgehead atoms. The van der Waals surface area contributed by atoms with Crippen molar-refractivity contribution < 1.29 is 13.2 Å². The smallest absolute Gasteiger partial charge is 0.255 e. The zero-order valence-electron chi connectivity index (χ0n) is 16.7. The van der Waals surface area contributed by atoms with Crippen molar-refractivity contribution in [2.24, 2.45) is 0 Å². The number of carbonyl (C=O) groups is 1. The van der Waals surface area contributed by atoms with Crippen LogP contribution < -0.4 is 9.62 Å². The molecule has 0 radical (unpaired) electrons. The number of hydrogen-bond acceptors (Lipinski definition) is 3. The van der Waals surface area contributed by atoms with Gasteiger partial charge in [0.1, 0.15) is 0 Å². The molecule has 162 valence electrons. The normalized spacial score (nSPS) is 11.3. The predicted octanol–water partition coefficient (Wildman–Crippen LogP) is 6.17. The van der Waals surface area contributed by atoms with E-state index in [0.717, 1.165) is 11.8 Å². The Bertz CT molecular complexity index is 1230. The van der Waals surface area contributed by atoms with Crippen LogP contribution in [-0.4, -0.2) is 20.6 Å². The molecule has 3 aromatic rings. The first-order valence-electron chi connectivity index (χ1n) is 9.14. The largest absolute Gasteiger partial charge is 0.322 e. The summed E-state index contributed by atoms with van der Waals surface area (Å²) in [5, 5.41) is 3.77. The van der Waals surface area contributed by atoms with Crippen LogP contribution in [0.2, 0.25) is 15.1 Å². The van der Waals surface area contributed by atoms with Crippen molar-refractivity contribution in [3.8, 4) is 0 Å². The van der Waals surface area contributed by atoms with Gasteiger partial charge in [0.15, 0.2) is 0 Å². The zero-order valence-corrected chi connectivity index (χ0v) is 19.8. The number of rotatable bonds is 6. The number of anilines is 2. The van der Waals surface area contributed by atoms with Gasteiger partial charge in [0.25, 0.3) is 5.91 Å². The van der Waals surface area contributed by atoms with Gasteiger partial charge in [-0.05, 0) is 54.4 Å². The second-order valence-corrected chi connectivity index (χ2v) is 10.1. The van der Waals surface area contributed by atoms with Gasteiger partial charge in [0.2, 0.25) is 10.0 Å². The maximum absolute atomic E-state index is 12.5. The number of hydrogen-bond donors (Lipinski definition) is 1. The highest BCUT2D eigenvalue weighted by Gasteiger charge is 2.21. The third kappa shape index (κ3) is 5.71. The topological polar surface area (TPSA) is 66.5 Å². The van der Waals surface area contributed by atoms with Crippen LogP contribution in [0.1, 0.15) is 21.5 Å². The monoisotopic (exact) mass is 496 g/mol. The second-order valence-electron chi connectivity index (χ2n) is 6.96. The number of nitrogens with one attached hydrogen (secondary N) is 1. The molecule has 1 amide bonds. The number of benzene rings is 3. The van der Waals surface area contributed by atoms with Crippen molar-refractivity contribution in [3.63, 3.8) is 0 Å². The Morgan fingerprint density at radius 1 is 0.968 bits per heavy atom. The lowest BCUT2D eigenvalue weighted by atomic mass is 10.1. The zero-order chi connectivity index (χ0) is 22.8. The molecule has 0 unspecified atom stereocenters. The first-order chi connectivity index (χ1) is 14.6. The van der Waals surface area contributed by atoms with Crippen LogP contribution in [0.25, 0.3) is 0 Å². The van der Waals surface area contributed by atoms with Crippen molar-refractivity contribution >= 4 is 62.1 Å². The fourth-order valence-corrected chi connectivity index (χ4v) is 4.39. The quantitative estimate of drug-likeness (QED) is 0.442. The van der Waals surface area contributed by atoms with E-state index in [9.17, 15) is 13.2 Å². The molecule has 1 N–H and O–H groups in total. The fourth-order valence-electron chi connectivity index (χ4n) is 2.87. The predicted molar refractivity (Wildman–Crippen MR) is 128 cm³/mol. The molecule has 0 saturated heterocycles. The van der Waals surface area contributed by atoms with Crippen LogP contribution in [0.5, 0.6) is 0 Å². The van der Waals surface area contributed by atoms with E-state index in [0.29, 0.717) is 21.8 Å². The molecule has 0 aliphatic heterocycles. The highest BCUT2D eigenvalue weighted by atomic mass is 35.5. The Kier molecular flexibility index (Phi) is 7.17. The minimum Gasteiger partial charge on any atom is -0.322 e. The minimum atomic E-state index is -3.63. The molecule has 3 aromatic carbocycles. The van der Waals surface area contributed by atoms with E-state index in [1.807, 2.05) is 13.0 Å². The Labute approximate surface area is 196 Å². The highest BCUT2D eigenvalue weighted by Crippen LogP contribution is 2.34. The summed E-state index contributed by atoms with van der Waals surface area (Å²) in [5.74, 6) is -0.302. The summed E-state index contributed by atoms with van der Waals surface area (Å²) in [6.45, 7) is 1.91.